The highest BCUT2D eigenvalue weighted by atomic mass is 35.5. The van der Waals surface area contributed by atoms with E-state index in [4.69, 9.17) is 16.7 Å². The van der Waals surface area contributed by atoms with E-state index >= 15 is 0 Å². The summed E-state index contributed by atoms with van der Waals surface area (Å²) in [5.74, 6) is 0.103. The van der Waals surface area contributed by atoms with Gasteiger partial charge in [-0.1, -0.05) is 44.5 Å². The fourth-order valence-corrected chi connectivity index (χ4v) is 5.29. The van der Waals surface area contributed by atoms with E-state index in [9.17, 15) is 13.2 Å². The van der Waals surface area contributed by atoms with Crippen molar-refractivity contribution >= 4 is 44.1 Å². The molecule has 0 aliphatic heterocycles. The second-order valence-electron chi connectivity index (χ2n) is 9.22. The Morgan fingerprint density at radius 2 is 2.06 bits per heavy atom. The number of rotatable bonds is 6. The molecule has 0 radical (unpaired) electrons. The summed E-state index contributed by atoms with van der Waals surface area (Å²) in [6, 6.07) is 3.09. The van der Waals surface area contributed by atoms with Gasteiger partial charge in [-0.15, -0.1) is 0 Å². The number of benzene rings is 1. The van der Waals surface area contributed by atoms with Gasteiger partial charge in [0.05, 0.1) is 16.0 Å². The third kappa shape index (κ3) is 4.04. The molecule has 1 unspecified atom stereocenters. The van der Waals surface area contributed by atoms with Crippen LogP contribution in [-0.2, 0) is 20.4 Å². The summed E-state index contributed by atoms with van der Waals surface area (Å²) in [4.78, 5) is 12.7. The Morgan fingerprint density at radius 1 is 1.35 bits per heavy atom. The fraction of sp³-hybridized carbons (Fsp3) is 0.455. The summed E-state index contributed by atoms with van der Waals surface area (Å²) in [6.45, 7) is 6.19. The summed E-state index contributed by atoms with van der Waals surface area (Å²) in [7, 11) is -4.01. The van der Waals surface area contributed by atoms with Crippen LogP contribution in [0.1, 0.15) is 46.5 Å². The van der Waals surface area contributed by atoms with Crippen LogP contribution in [0.5, 0.6) is 0 Å². The van der Waals surface area contributed by atoms with E-state index in [1.54, 1.807) is 18.3 Å². The number of nitrogens with zero attached hydrogens (tertiary/aromatic N) is 2. The lowest BCUT2D eigenvalue weighted by atomic mass is 9.80. The third-order valence-electron chi connectivity index (χ3n) is 6.54. The monoisotopic (exact) mass is 462 g/mol. The van der Waals surface area contributed by atoms with Gasteiger partial charge in [-0.2, -0.15) is 5.10 Å². The molecule has 7 nitrogen and oxygen atoms in total. The van der Waals surface area contributed by atoms with Crippen molar-refractivity contribution in [3.05, 3.63) is 41.6 Å². The van der Waals surface area contributed by atoms with Crippen LogP contribution in [0.15, 0.2) is 46.5 Å². The molecule has 1 atom stereocenters. The molecule has 1 heterocycles. The van der Waals surface area contributed by atoms with E-state index in [2.05, 4.69) is 24.3 Å². The number of hydrogen-bond donors (Lipinski definition) is 2. The molecule has 2 aliphatic carbocycles. The Morgan fingerprint density at radius 3 is 2.65 bits per heavy atom. The molecule has 166 valence electrons. The quantitative estimate of drug-likeness (QED) is 0.669. The summed E-state index contributed by atoms with van der Waals surface area (Å²) < 4.78 is 26.5. The van der Waals surface area contributed by atoms with Crippen LogP contribution in [0, 0.1) is 11.3 Å². The number of fused-ring (bicyclic) bond motifs is 1. The lowest BCUT2D eigenvalue weighted by molar-refractivity contribution is -0.117. The number of nitrogens with two attached hydrogens (primary N) is 1. The van der Waals surface area contributed by atoms with Gasteiger partial charge < -0.3 is 5.32 Å². The predicted octanol–water partition coefficient (Wildman–Crippen LogP) is 4.25. The molecule has 1 amide bonds. The van der Waals surface area contributed by atoms with Crippen LogP contribution in [0.2, 0.25) is 0 Å². The Hall–Kier alpha value is -2.16. The number of sulfonamides is 1. The standard InChI is InChI=1S/C22H27ClN4O3S/c1-14(2)22(8-9-22)27-13-16-17(26-27)10-15(11-18(16)31(24,29)30)25-20(28)12-21(3)7-5-4-6-19(21)23/h4-6,10-11,13-14H,7-9,12H2,1-3H3,(H,25,28)(H2,24,29,30). The number of allylic oxidation sites excluding steroid dienone is 4. The van der Waals surface area contributed by atoms with Crippen molar-refractivity contribution in [2.75, 3.05) is 5.32 Å². The van der Waals surface area contributed by atoms with Crippen molar-refractivity contribution in [2.24, 2.45) is 16.5 Å². The van der Waals surface area contributed by atoms with Crippen LogP contribution in [0.3, 0.4) is 0 Å². The van der Waals surface area contributed by atoms with Gasteiger partial charge in [-0.3, -0.25) is 9.48 Å². The van der Waals surface area contributed by atoms with E-state index in [-0.39, 0.29) is 22.8 Å². The molecule has 0 saturated heterocycles. The highest BCUT2D eigenvalue weighted by molar-refractivity contribution is 7.89. The zero-order valence-electron chi connectivity index (χ0n) is 17.9. The highest BCUT2D eigenvalue weighted by Crippen LogP contribution is 2.50. The van der Waals surface area contributed by atoms with Crippen molar-refractivity contribution < 1.29 is 13.2 Å². The topological polar surface area (TPSA) is 107 Å². The minimum absolute atomic E-state index is 0.0455. The molecular formula is C22H27ClN4O3S. The van der Waals surface area contributed by atoms with E-state index in [0.717, 1.165) is 12.8 Å². The van der Waals surface area contributed by atoms with Crippen LogP contribution in [-0.4, -0.2) is 24.1 Å². The van der Waals surface area contributed by atoms with Gasteiger partial charge >= 0.3 is 0 Å². The van der Waals surface area contributed by atoms with Crippen LogP contribution in [0.4, 0.5) is 5.69 Å². The Kier molecular flexibility index (Phi) is 5.31. The van der Waals surface area contributed by atoms with Gasteiger partial charge in [0.2, 0.25) is 15.9 Å². The molecule has 9 heteroatoms. The highest BCUT2D eigenvalue weighted by Gasteiger charge is 2.48. The molecule has 2 aliphatic rings. The lowest BCUT2D eigenvalue weighted by Gasteiger charge is -2.29. The van der Waals surface area contributed by atoms with Crippen molar-refractivity contribution in [2.45, 2.75) is 56.9 Å². The summed E-state index contributed by atoms with van der Waals surface area (Å²) >= 11 is 6.33. The molecule has 4 rings (SSSR count). The normalized spacial score (nSPS) is 22.6. The van der Waals surface area contributed by atoms with Crippen LogP contribution >= 0.6 is 11.6 Å². The van der Waals surface area contributed by atoms with Crippen molar-refractivity contribution in [3.8, 4) is 0 Å². The van der Waals surface area contributed by atoms with Gasteiger partial charge in [0, 0.05) is 34.1 Å². The first-order valence-electron chi connectivity index (χ1n) is 10.3. The third-order valence-corrected chi connectivity index (χ3v) is 8.08. The minimum Gasteiger partial charge on any atom is -0.326 e. The average molecular weight is 463 g/mol. The number of aromatic nitrogens is 2. The van der Waals surface area contributed by atoms with Crippen molar-refractivity contribution in [1.29, 1.82) is 0 Å². The second kappa shape index (κ2) is 7.46. The summed E-state index contributed by atoms with van der Waals surface area (Å²) in [6.07, 6.45) is 10.2. The molecule has 0 bridgehead atoms. The van der Waals surface area contributed by atoms with Gasteiger partial charge in [-0.05, 0) is 43.4 Å². The first-order valence-corrected chi connectivity index (χ1v) is 12.3. The number of halogens is 1. The number of carbonyl (C=O) groups is 1. The van der Waals surface area contributed by atoms with E-state index in [1.807, 2.05) is 23.8 Å². The molecule has 1 aromatic heterocycles. The molecule has 1 aromatic carbocycles. The Balaban J connectivity index is 1.68. The molecule has 3 N–H and O–H groups in total. The zero-order valence-corrected chi connectivity index (χ0v) is 19.4. The predicted molar refractivity (Wildman–Crippen MR) is 122 cm³/mol. The second-order valence-corrected chi connectivity index (χ2v) is 11.2. The number of nitrogens with one attached hydrogen (secondary N) is 1. The molecule has 2 aromatic rings. The molecule has 1 fully saturated rings. The first-order chi connectivity index (χ1) is 14.4. The number of carbonyl (C=O) groups excluding carboxylic acids is 1. The van der Waals surface area contributed by atoms with Crippen LogP contribution < -0.4 is 10.5 Å². The number of primary sulfonamides is 1. The maximum Gasteiger partial charge on any atom is 0.238 e. The Bertz CT molecular complexity index is 1220. The van der Waals surface area contributed by atoms with Crippen molar-refractivity contribution in [1.82, 2.24) is 9.78 Å². The van der Waals surface area contributed by atoms with Crippen molar-refractivity contribution in [3.63, 3.8) is 0 Å². The number of anilines is 1. The van der Waals surface area contributed by atoms with E-state index < -0.39 is 15.4 Å². The number of amides is 1. The van der Waals surface area contributed by atoms with Gasteiger partial charge in [0.1, 0.15) is 0 Å². The molecule has 1 saturated carbocycles. The zero-order chi connectivity index (χ0) is 22.6. The van der Waals surface area contributed by atoms with Crippen LogP contribution in [0.25, 0.3) is 10.9 Å². The van der Waals surface area contributed by atoms with Gasteiger partial charge in [-0.25, -0.2) is 13.6 Å². The summed E-state index contributed by atoms with van der Waals surface area (Å²) in [5, 5.41) is 14.0. The Labute approximate surface area is 187 Å². The molecule has 31 heavy (non-hydrogen) atoms. The number of hydrogen-bond acceptors (Lipinski definition) is 4. The molecular weight excluding hydrogens is 436 g/mol. The minimum atomic E-state index is -4.01. The van der Waals surface area contributed by atoms with Gasteiger partial charge in [0.15, 0.2) is 0 Å². The van der Waals surface area contributed by atoms with Gasteiger partial charge in [0.25, 0.3) is 0 Å². The maximum atomic E-state index is 12.8. The fourth-order valence-electron chi connectivity index (χ4n) is 4.32. The smallest absolute Gasteiger partial charge is 0.238 e. The van der Waals surface area contributed by atoms with E-state index in [0.29, 0.717) is 34.0 Å². The maximum absolute atomic E-state index is 12.8. The SMILES string of the molecule is CC(C)C1(n2cc3c(S(N)(=O)=O)cc(NC(=O)CC4(C)CC=CC=C4Cl)cc3n2)CC1. The van der Waals surface area contributed by atoms with E-state index in [1.165, 1.54) is 6.07 Å². The largest absolute Gasteiger partial charge is 0.326 e. The molecule has 0 spiro atoms. The average Bonchev–Trinajstić information content (AvgIpc) is 3.37. The summed E-state index contributed by atoms with van der Waals surface area (Å²) in [5.41, 5.74) is 0.240. The lowest BCUT2D eigenvalue weighted by Crippen LogP contribution is -2.26. The first kappa shape index (κ1) is 22.0.